The second-order valence-electron chi connectivity index (χ2n) is 6.04. The molecule has 6 nitrogen and oxygen atoms in total. The Balaban J connectivity index is 1.83. The predicted octanol–water partition coefficient (Wildman–Crippen LogP) is 3.70. The lowest BCUT2D eigenvalue weighted by molar-refractivity contribution is -0.137. The van der Waals surface area contributed by atoms with E-state index in [-0.39, 0.29) is 17.7 Å². The van der Waals surface area contributed by atoms with Crippen LogP contribution in [0.3, 0.4) is 0 Å². The number of carboxylic acid groups (broad SMARTS) is 1. The van der Waals surface area contributed by atoms with Crippen molar-refractivity contribution in [2.75, 3.05) is 0 Å². The van der Waals surface area contributed by atoms with Crippen LogP contribution in [-0.4, -0.2) is 26.5 Å². The van der Waals surface area contributed by atoms with E-state index in [1.165, 1.54) is 24.3 Å². The van der Waals surface area contributed by atoms with Crippen LogP contribution in [0.2, 0.25) is 0 Å². The van der Waals surface area contributed by atoms with Crippen LogP contribution in [0.5, 0.6) is 0 Å². The maximum absolute atomic E-state index is 12.8. The van der Waals surface area contributed by atoms with Crippen LogP contribution in [0.1, 0.15) is 39.0 Å². The zero-order valence-electron chi connectivity index (χ0n) is 14.7. The van der Waals surface area contributed by atoms with Gasteiger partial charge in [-0.1, -0.05) is 6.07 Å². The number of carboxylic acids is 1. The molecule has 1 heterocycles. The Labute approximate surface area is 157 Å². The molecule has 146 valence electrons. The van der Waals surface area contributed by atoms with Crippen molar-refractivity contribution in [3.63, 3.8) is 0 Å². The molecule has 0 spiro atoms. The quantitative estimate of drug-likeness (QED) is 0.695. The van der Waals surface area contributed by atoms with Gasteiger partial charge in [-0.15, -0.1) is 0 Å². The average Bonchev–Trinajstić information content (AvgIpc) is 3.02. The van der Waals surface area contributed by atoms with Crippen molar-refractivity contribution in [3.8, 4) is 0 Å². The van der Waals surface area contributed by atoms with E-state index in [9.17, 15) is 22.8 Å². The van der Waals surface area contributed by atoms with Gasteiger partial charge in [0.15, 0.2) is 0 Å². The van der Waals surface area contributed by atoms with Crippen LogP contribution in [0.25, 0.3) is 11.0 Å². The van der Waals surface area contributed by atoms with Gasteiger partial charge in [0.2, 0.25) is 0 Å². The molecule has 0 fully saturated rings. The highest BCUT2D eigenvalue weighted by molar-refractivity contribution is 5.94. The van der Waals surface area contributed by atoms with Crippen molar-refractivity contribution >= 4 is 22.9 Å². The number of imidazole rings is 1. The number of amides is 1. The van der Waals surface area contributed by atoms with Gasteiger partial charge in [-0.25, -0.2) is 9.78 Å². The monoisotopic (exact) mass is 391 g/mol. The SMILES string of the molecule is CCn1c(CNC(=O)c2cccc(C(F)(F)F)c2)nc2cc(C(=O)O)ccc21. The first-order valence-electron chi connectivity index (χ1n) is 8.38. The van der Waals surface area contributed by atoms with Gasteiger partial charge in [0.25, 0.3) is 5.91 Å². The molecule has 28 heavy (non-hydrogen) atoms. The number of nitrogens with zero attached hydrogens (tertiary/aromatic N) is 2. The van der Waals surface area contributed by atoms with Crippen molar-refractivity contribution in [2.24, 2.45) is 0 Å². The Morgan fingerprint density at radius 2 is 1.89 bits per heavy atom. The molecular weight excluding hydrogens is 375 g/mol. The van der Waals surface area contributed by atoms with Crippen LogP contribution in [0, 0.1) is 0 Å². The minimum absolute atomic E-state index is 0.0139. The van der Waals surface area contributed by atoms with Crippen LogP contribution in [0.15, 0.2) is 42.5 Å². The van der Waals surface area contributed by atoms with E-state index >= 15 is 0 Å². The molecule has 3 aromatic rings. The lowest BCUT2D eigenvalue weighted by Gasteiger charge is -2.10. The summed E-state index contributed by atoms with van der Waals surface area (Å²) in [4.78, 5) is 27.7. The number of alkyl halides is 3. The maximum Gasteiger partial charge on any atom is 0.416 e. The molecule has 3 rings (SSSR count). The third kappa shape index (κ3) is 3.83. The Bertz CT molecular complexity index is 1060. The largest absolute Gasteiger partial charge is 0.478 e. The second-order valence-corrected chi connectivity index (χ2v) is 6.04. The third-order valence-electron chi connectivity index (χ3n) is 4.25. The van der Waals surface area contributed by atoms with Gasteiger partial charge in [0, 0.05) is 12.1 Å². The minimum Gasteiger partial charge on any atom is -0.478 e. The molecule has 2 N–H and O–H groups in total. The number of hydrogen-bond donors (Lipinski definition) is 2. The van der Waals surface area contributed by atoms with Gasteiger partial charge in [0.05, 0.1) is 28.7 Å². The van der Waals surface area contributed by atoms with Crippen molar-refractivity contribution in [3.05, 3.63) is 65.0 Å². The van der Waals surface area contributed by atoms with E-state index in [2.05, 4.69) is 10.3 Å². The van der Waals surface area contributed by atoms with E-state index in [1.807, 2.05) is 6.92 Å². The van der Waals surface area contributed by atoms with Crippen LogP contribution in [0.4, 0.5) is 13.2 Å². The molecule has 0 aliphatic rings. The van der Waals surface area contributed by atoms with Gasteiger partial charge < -0.3 is 15.0 Å². The Kier molecular flexibility index (Phi) is 5.08. The molecule has 0 radical (unpaired) electrons. The number of hydrogen-bond acceptors (Lipinski definition) is 3. The molecule has 0 saturated carbocycles. The lowest BCUT2D eigenvalue weighted by Crippen LogP contribution is -2.25. The summed E-state index contributed by atoms with van der Waals surface area (Å²) in [6, 6.07) is 8.68. The molecule has 0 unspecified atom stereocenters. The van der Waals surface area contributed by atoms with Crippen LogP contribution in [-0.2, 0) is 19.3 Å². The topological polar surface area (TPSA) is 84.2 Å². The molecule has 0 saturated heterocycles. The number of aromatic carboxylic acids is 1. The number of rotatable bonds is 5. The van der Waals surface area contributed by atoms with E-state index < -0.39 is 23.6 Å². The highest BCUT2D eigenvalue weighted by Gasteiger charge is 2.30. The molecule has 1 amide bonds. The summed E-state index contributed by atoms with van der Waals surface area (Å²) in [5.74, 6) is -1.26. The molecule has 2 aromatic carbocycles. The van der Waals surface area contributed by atoms with E-state index in [0.717, 1.165) is 12.1 Å². The Morgan fingerprint density at radius 3 is 2.54 bits per heavy atom. The fraction of sp³-hybridized carbons (Fsp3) is 0.211. The summed E-state index contributed by atoms with van der Waals surface area (Å²) in [5, 5.41) is 11.6. The number of benzene rings is 2. The van der Waals surface area contributed by atoms with E-state index in [1.54, 1.807) is 10.6 Å². The van der Waals surface area contributed by atoms with Gasteiger partial charge in [0.1, 0.15) is 5.82 Å². The van der Waals surface area contributed by atoms with Crippen molar-refractivity contribution in [1.29, 1.82) is 0 Å². The highest BCUT2D eigenvalue weighted by Crippen LogP contribution is 2.29. The zero-order chi connectivity index (χ0) is 20.5. The summed E-state index contributed by atoms with van der Waals surface area (Å²) in [6.45, 7) is 2.38. The van der Waals surface area contributed by atoms with Crippen LogP contribution >= 0.6 is 0 Å². The second kappa shape index (κ2) is 7.34. The maximum atomic E-state index is 12.8. The van der Waals surface area contributed by atoms with E-state index in [4.69, 9.17) is 5.11 Å². The number of aryl methyl sites for hydroxylation is 1. The smallest absolute Gasteiger partial charge is 0.416 e. The molecular formula is C19H16F3N3O3. The standard InChI is InChI=1S/C19H16F3N3O3/c1-2-25-15-7-6-12(18(27)28)9-14(15)24-16(25)10-23-17(26)11-4-3-5-13(8-11)19(20,21)22/h3-9H,2,10H2,1H3,(H,23,26)(H,27,28). The molecule has 0 atom stereocenters. The van der Waals surface area contributed by atoms with Crippen molar-refractivity contribution in [2.45, 2.75) is 26.2 Å². The summed E-state index contributed by atoms with van der Waals surface area (Å²) in [5.41, 5.74) is 0.248. The molecule has 0 aliphatic heterocycles. The molecule has 0 bridgehead atoms. The van der Waals surface area contributed by atoms with Gasteiger partial charge in [-0.05, 0) is 43.3 Å². The molecule has 1 aromatic heterocycles. The van der Waals surface area contributed by atoms with Gasteiger partial charge in [-0.2, -0.15) is 13.2 Å². The highest BCUT2D eigenvalue weighted by atomic mass is 19.4. The summed E-state index contributed by atoms with van der Waals surface area (Å²) in [7, 11) is 0. The van der Waals surface area contributed by atoms with Gasteiger partial charge >= 0.3 is 12.1 Å². The Morgan fingerprint density at radius 1 is 1.14 bits per heavy atom. The number of fused-ring (bicyclic) bond motifs is 1. The first-order chi connectivity index (χ1) is 13.2. The first kappa shape index (κ1) is 19.4. The van der Waals surface area contributed by atoms with Crippen molar-refractivity contribution in [1.82, 2.24) is 14.9 Å². The molecule has 0 aliphatic carbocycles. The van der Waals surface area contributed by atoms with Crippen molar-refractivity contribution < 1.29 is 27.9 Å². The summed E-state index contributed by atoms with van der Waals surface area (Å²) >= 11 is 0. The number of aromatic nitrogens is 2. The number of nitrogens with one attached hydrogen (secondary N) is 1. The fourth-order valence-corrected chi connectivity index (χ4v) is 2.90. The van der Waals surface area contributed by atoms with Crippen LogP contribution < -0.4 is 5.32 Å². The minimum atomic E-state index is -4.53. The average molecular weight is 391 g/mol. The normalized spacial score (nSPS) is 11.6. The zero-order valence-corrected chi connectivity index (χ0v) is 14.7. The predicted molar refractivity (Wildman–Crippen MR) is 95.0 cm³/mol. The third-order valence-corrected chi connectivity index (χ3v) is 4.25. The summed E-state index contributed by atoms with van der Waals surface area (Å²) < 4.78 is 40.2. The fourth-order valence-electron chi connectivity index (χ4n) is 2.90. The Hall–Kier alpha value is -3.36. The number of carbonyl (C=O) groups is 2. The van der Waals surface area contributed by atoms with E-state index in [0.29, 0.717) is 23.4 Å². The number of halogens is 3. The lowest BCUT2D eigenvalue weighted by atomic mass is 10.1. The summed E-state index contributed by atoms with van der Waals surface area (Å²) in [6.07, 6.45) is -4.53. The van der Waals surface area contributed by atoms with Gasteiger partial charge in [-0.3, -0.25) is 4.79 Å². The number of carbonyl (C=O) groups excluding carboxylic acids is 1. The first-order valence-corrected chi connectivity index (χ1v) is 8.38. The molecule has 9 heteroatoms.